The molecule has 10 heteroatoms. The molecule has 1 aromatic carbocycles. The number of carbonyl (C=O) groups is 3. The van der Waals surface area contributed by atoms with E-state index in [4.69, 9.17) is 21.7 Å². The number of rotatable bonds is 11. The molecule has 10 nitrogen and oxygen atoms in total. The number of H-pyrrole nitrogens is 1. The fourth-order valence-corrected chi connectivity index (χ4v) is 3.55. The lowest BCUT2D eigenvalue weighted by Gasteiger charge is -2.14. The second-order valence-corrected chi connectivity index (χ2v) is 8.22. The van der Waals surface area contributed by atoms with E-state index in [0.29, 0.717) is 31.5 Å². The first-order valence-corrected chi connectivity index (χ1v) is 11.4. The fourth-order valence-electron chi connectivity index (χ4n) is 3.55. The summed E-state index contributed by atoms with van der Waals surface area (Å²) in [6.45, 7) is -0.0763. The molecule has 0 saturated heterocycles. The van der Waals surface area contributed by atoms with Gasteiger partial charge in [0.2, 0.25) is 5.91 Å². The van der Waals surface area contributed by atoms with E-state index in [1.165, 1.54) is 11.9 Å². The van der Waals surface area contributed by atoms with E-state index in [9.17, 15) is 14.4 Å². The van der Waals surface area contributed by atoms with E-state index in [2.05, 4.69) is 9.97 Å². The third kappa shape index (κ3) is 9.09. The number of nitrogens with one attached hydrogen (secondary N) is 1. The number of nitrogen functional groups attached to an aromatic ring is 1. The lowest BCUT2D eigenvalue weighted by Crippen LogP contribution is -2.31. The fraction of sp³-hybridized carbons (Fsp3) is 0.360. The summed E-state index contributed by atoms with van der Waals surface area (Å²) >= 11 is 0. The summed E-state index contributed by atoms with van der Waals surface area (Å²) in [4.78, 5) is 41.4. The van der Waals surface area contributed by atoms with Crippen molar-refractivity contribution >= 4 is 34.6 Å². The Balaban J connectivity index is 0.000000247. The highest BCUT2D eigenvalue weighted by molar-refractivity contribution is 5.83. The van der Waals surface area contributed by atoms with Crippen molar-refractivity contribution in [3.63, 3.8) is 0 Å². The van der Waals surface area contributed by atoms with Gasteiger partial charge in [0, 0.05) is 42.8 Å². The molecular weight excluding hydrogens is 450 g/mol. The summed E-state index contributed by atoms with van der Waals surface area (Å²) in [7, 11) is 1.48. The Hall–Kier alpha value is -3.92. The average Bonchev–Trinajstić information content (AvgIpc) is 3.22. The second kappa shape index (κ2) is 13.7. The first-order chi connectivity index (χ1) is 16.7. The van der Waals surface area contributed by atoms with Crippen LogP contribution in [0.4, 0.5) is 5.82 Å². The van der Waals surface area contributed by atoms with Crippen LogP contribution in [0.25, 0.3) is 10.9 Å². The minimum Gasteiger partial charge on any atom is -0.481 e. The molecule has 0 bridgehead atoms. The average molecular weight is 484 g/mol. The Morgan fingerprint density at radius 1 is 1.09 bits per heavy atom. The molecule has 35 heavy (non-hydrogen) atoms. The van der Waals surface area contributed by atoms with Crippen LogP contribution in [0.2, 0.25) is 0 Å². The number of carboxylic acid groups (broad SMARTS) is 2. The van der Waals surface area contributed by atoms with Gasteiger partial charge in [-0.1, -0.05) is 24.3 Å². The number of nitrogens with zero attached hydrogens (tertiary/aromatic N) is 2. The largest absolute Gasteiger partial charge is 0.481 e. The molecule has 1 amide bonds. The van der Waals surface area contributed by atoms with Gasteiger partial charge in [0.25, 0.3) is 0 Å². The van der Waals surface area contributed by atoms with Crippen molar-refractivity contribution in [1.29, 1.82) is 0 Å². The maximum atomic E-state index is 11.6. The molecule has 0 aliphatic heterocycles. The van der Waals surface area contributed by atoms with Crippen LogP contribution < -0.4 is 11.5 Å². The van der Waals surface area contributed by atoms with Crippen LogP contribution in [0.1, 0.15) is 30.5 Å². The van der Waals surface area contributed by atoms with Crippen LogP contribution in [-0.2, 0) is 27.2 Å². The number of hydrogen-bond donors (Lipinski definition) is 5. The van der Waals surface area contributed by atoms with Gasteiger partial charge >= 0.3 is 11.9 Å². The summed E-state index contributed by atoms with van der Waals surface area (Å²) in [6, 6.07) is 13.4. The normalized spacial score (nSPS) is 11.4. The van der Waals surface area contributed by atoms with Gasteiger partial charge in [-0.2, -0.15) is 0 Å². The number of amides is 1. The molecule has 2 aromatic heterocycles. The summed E-state index contributed by atoms with van der Waals surface area (Å²) in [5.41, 5.74) is 14.1. The van der Waals surface area contributed by atoms with Gasteiger partial charge in [-0.15, -0.1) is 0 Å². The van der Waals surface area contributed by atoms with Crippen LogP contribution >= 0.6 is 0 Å². The standard InChI is InChI=1S/C13H16N2O2.C12H17N3O3/c14-7-9(13(16)17)5-6-10-8-15-12-4-2-1-3-11(10)12;1-15(8-12(17)18)11(16)7-3-5-9-4-2-6-10(13)14-9/h1-4,8-9,15H,5-7,14H2,(H,16,17);2,4,6H,3,5,7-8H2,1H3,(H2,13,14)(H,17,18)/t9-;/m1./s1. The number of benzene rings is 1. The molecular formula is C25H33N5O5. The number of aromatic nitrogens is 2. The highest BCUT2D eigenvalue weighted by atomic mass is 16.4. The molecule has 3 rings (SSSR count). The van der Waals surface area contributed by atoms with Crippen LogP contribution in [0.5, 0.6) is 0 Å². The predicted molar refractivity (Wildman–Crippen MR) is 134 cm³/mol. The smallest absolute Gasteiger partial charge is 0.323 e. The Labute approximate surface area is 203 Å². The van der Waals surface area contributed by atoms with Crippen LogP contribution in [0, 0.1) is 5.92 Å². The Morgan fingerprint density at radius 2 is 1.83 bits per heavy atom. The van der Waals surface area contributed by atoms with E-state index in [0.717, 1.165) is 28.6 Å². The zero-order valence-electron chi connectivity index (χ0n) is 19.8. The maximum absolute atomic E-state index is 11.6. The van der Waals surface area contributed by atoms with Crippen molar-refractivity contribution in [3.8, 4) is 0 Å². The predicted octanol–water partition coefficient (Wildman–Crippen LogP) is 2.29. The van der Waals surface area contributed by atoms with Crippen LogP contribution in [-0.4, -0.2) is 63.1 Å². The third-order valence-electron chi connectivity index (χ3n) is 5.52. The van der Waals surface area contributed by atoms with E-state index < -0.39 is 17.9 Å². The maximum Gasteiger partial charge on any atom is 0.323 e. The number of anilines is 1. The molecule has 3 aromatic rings. The molecule has 0 fully saturated rings. The number of carbonyl (C=O) groups excluding carboxylic acids is 1. The minimum absolute atomic E-state index is 0.179. The number of carboxylic acids is 2. The second-order valence-electron chi connectivity index (χ2n) is 8.22. The molecule has 0 saturated carbocycles. The quantitative estimate of drug-likeness (QED) is 0.276. The number of fused-ring (bicyclic) bond motifs is 1. The molecule has 1 atom stereocenters. The van der Waals surface area contributed by atoms with Crippen molar-refractivity contribution < 1.29 is 24.6 Å². The molecule has 7 N–H and O–H groups in total. The molecule has 0 aliphatic carbocycles. The van der Waals surface area contributed by atoms with Gasteiger partial charge in [-0.05, 0) is 49.4 Å². The number of nitrogens with two attached hydrogens (primary N) is 2. The van der Waals surface area contributed by atoms with Gasteiger partial charge < -0.3 is 31.6 Å². The highest BCUT2D eigenvalue weighted by Crippen LogP contribution is 2.20. The molecule has 0 radical (unpaired) electrons. The monoisotopic (exact) mass is 483 g/mol. The van der Waals surface area contributed by atoms with Crippen molar-refractivity contribution in [2.45, 2.75) is 32.1 Å². The lowest BCUT2D eigenvalue weighted by molar-refractivity contribution is -0.143. The highest BCUT2D eigenvalue weighted by Gasteiger charge is 2.16. The molecule has 188 valence electrons. The first-order valence-electron chi connectivity index (χ1n) is 11.4. The summed E-state index contributed by atoms with van der Waals surface area (Å²) in [5, 5.41) is 18.6. The van der Waals surface area contributed by atoms with Crippen molar-refractivity contribution in [2.75, 3.05) is 25.9 Å². The van der Waals surface area contributed by atoms with Crippen molar-refractivity contribution in [2.24, 2.45) is 11.7 Å². The zero-order chi connectivity index (χ0) is 25.8. The molecule has 0 unspecified atom stereocenters. The van der Waals surface area contributed by atoms with Crippen LogP contribution in [0.15, 0.2) is 48.7 Å². The summed E-state index contributed by atoms with van der Waals surface area (Å²) in [5.74, 6) is -2.00. The van der Waals surface area contributed by atoms with E-state index in [1.54, 1.807) is 6.07 Å². The SMILES string of the molecule is CN(CC(=O)O)C(=O)CCCc1cccc(N)n1.NC[C@@H](CCc1c[nH]c2ccccc12)C(=O)O. The number of aromatic amines is 1. The number of likely N-dealkylation sites (N-methyl/N-ethyl adjacent to an activating group) is 1. The molecule has 0 spiro atoms. The van der Waals surface area contributed by atoms with Crippen molar-refractivity contribution in [1.82, 2.24) is 14.9 Å². The minimum atomic E-state index is -1.01. The van der Waals surface area contributed by atoms with E-state index in [1.807, 2.05) is 42.6 Å². The van der Waals surface area contributed by atoms with Gasteiger partial charge in [0.15, 0.2) is 0 Å². The summed E-state index contributed by atoms with van der Waals surface area (Å²) < 4.78 is 0. The number of para-hydroxylation sites is 1. The van der Waals surface area contributed by atoms with Crippen LogP contribution in [0.3, 0.4) is 0 Å². The van der Waals surface area contributed by atoms with Gasteiger partial charge in [-0.25, -0.2) is 4.98 Å². The van der Waals surface area contributed by atoms with Gasteiger partial charge in [0.1, 0.15) is 12.4 Å². The number of aryl methyl sites for hydroxylation is 2. The Bertz CT molecular complexity index is 1130. The van der Waals surface area contributed by atoms with E-state index >= 15 is 0 Å². The summed E-state index contributed by atoms with van der Waals surface area (Å²) in [6.07, 6.45) is 4.84. The Kier molecular flexibility index (Phi) is 10.7. The number of pyridine rings is 1. The molecule has 0 aliphatic rings. The number of aliphatic carboxylic acids is 2. The topological polar surface area (TPSA) is 176 Å². The first kappa shape index (κ1) is 27.3. The lowest BCUT2D eigenvalue weighted by atomic mass is 9.99. The third-order valence-corrected chi connectivity index (χ3v) is 5.52. The zero-order valence-corrected chi connectivity index (χ0v) is 19.8. The van der Waals surface area contributed by atoms with Gasteiger partial charge in [0.05, 0.1) is 5.92 Å². The van der Waals surface area contributed by atoms with Gasteiger partial charge in [-0.3, -0.25) is 14.4 Å². The number of hydrogen-bond acceptors (Lipinski definition) is 6. The van der Waals surface area contributed by atoms with E-state index in [-0.39, 0.29) is 19.0 Å². The molecule has 2 heterocycles. The Morgan fingerprint density at radius 3 is 2.49 bits per heavy atom. The van der Waals surface area contributed by atoms with Crippen molar-refractivity contribution in [3.05, 3.63) is 59.9 Å².